The van der Waals surface area contributed by atoms with Crippen LogP contribution in [0.25, 0.3) is 0 Å². The van der Waals surface area contributed by atoms with Crippen LogP contribution >= 0.6 is 0 Å². The van der Waals surface area contributed by atoms with Crippen molar-refractivity contribution in [3.63, 3.8) is 0 Å². The lowest BCUT2D eigenvalue weighted by Crippen LogP contribution is -2.68. The molecule has 3 rings (SSSR count). The average molecular weight is 644 g/mol. The van der Waals surface area contributed by atoms with E-state index in [1.807, 2.05) is 0 Å². The SMILES string of the molecule is NC[C@H](O)C(=O)C[C@@H]1C[C@H](N)C(O[C@H]2O[C@H](CNCC(O)CO)[C@@H](O)[C@H](O)[C@H]2N)[C@H](O)[C@H]1O[C@H]1O[C@H](CO)[C@@H](O)[C@H](N)[C@H]1O. The van der Waals surface area contributed by atoms with Crippen LogP contribution in [0.3, 0.4) is 0 Å². The Labute approximate surface area is 253 Å². The molecule has 2 unspecified atom stereocenters. The quantitative estimate of drug-likeness (QED) is 0.0835. The number of nitrogens with two attached hydrogens (primary N) is 4. The van der Waals surface area contributed by atoms with Crippen LogP contribution in [-0.2, 0) is 23.7 Å². The van der Waals surface area contributed by atoms with Crippen molar-refractivity contribution in [3.05, 3.63) is 0 Å². The van der Waals surface area contributed by atoms with Crippen molar-refractivity contribution in [1.82, 2.24) is 5.32 Å². The van der Waals surface area contributed by atoms with Gasteiger partial charge in [-0.2, -0.15) is 0 Å². The molecule has 3 aliphatic rings. The van der Waals surface area contributed by atoms with Crippen LogP contribution in [0.4, 0.5) is 0 Å². The van der Waals surface area contributed by atoms with Crippen LogP contribution in [0.1, 0.15) is 12.8 Å². The van der Waals surface area contributed by atoms with Gasteiger partial charge in [-0.25, -0.2) is 0 Å². The first-order chi connectivity index (χ1) is 20.7. The highest BCUT2D eigenvalue weighted by molar-refractivity contribution is 5.83. The van der Waals surface area contributed by atoms with E-state index < -0.39 is 123 Å². The van der Waals surface area contributed by atoms with E-state index in [1.54, 1.807) is 0 Å². The van der Waals surface area contributed by atoms with Crippen molar-refractivity contribution in [3.8, 4) is 0 Å². The lowest BCUT2D eigenvalue weighted by atomic mass is 9.76. The van der Waals surface area contributed by atoms with Gasteiger partial charge in [0.2, 0.25) is 0 Å². The second-order valence-electron chi connectivity index (χ2n) is 11.7. The van der Waals surface area contributed by atoms with E-state index >= 15 is 0 Å². The maximum absolute atomic E-state index is 12.6. The van der Waals surface area contributed by atoms with Crippen molar-refractivity contribution in [2.45, 2.75) is 111 Å². The number of aliphatic hydroxyl groups excluding tert-OH is 9. The fraction of sp³-hybridized carbons (Fsp3) is 0.960. The zero-order chi connectivity index (χ0) is 32.9. The Morgan fingerprint density at radius 1 is 0.841 bits per heavy atom. The lowest BCUT2D eigenvalue weighted by molar-refractivity contribution is -0.323. The molecule has 0 spiro atoms. The van der Waals surface area contributed by atoms with Gasteiger partial charge in [-0.05, 0) is 12.3 Å². The van der Waals surface area contributed by atoms with Crippen molar-refractivity contribution in [2.24, 2.45) is 28.9 Å². The largest absolute Gasteiger partial charge is 0.394 e. The van der Waals surface area contributed by atoms with Crippen molar-refractivity contribution in [2.75, 3.05) is 32.8 Å². The van der Waals surface area contributed by atoms with Gasteiger partial charge in [0.25, 0.3) is 0 Å². The second-order valence-corrected chi connectivity index (χ2v) is 11.7. The molecule has 0 bridgehead atoms. The van der Waals surface area contributed by atoms with Crippen LogP contribution in [-0.4, -0.2) is 182 Å². The molecule has 0 aromatic heterocycles. The minimum atomic E-state index is -1.66. The Morgan fingerprint density at radius 2 is 1.48 bits per heavy atom. The average Bonchev–Trinajstić information content (AvgIpc) is 3.00. The minimum absolute atomic E-state index is 0.0342. The molecule has 0 radical (unpaired) electrons. The summed E-state index contributed by atoms with van der Waals surface area (Å²) in [6.45, 7) is -1.67. The number of ether oxygens (including phenoxy) is 4. The Morgan fingerprint density at radius 3 is 2.09 bits per heavy atom. The Balaban J connectivity index is 1.81. The van der Waals surface area contributed by atoms with E-state index in [4.69, 9.17) is 47.0 Å². The molecule has 2 saturated heterocycles. The maximum atomic E-state index is 12.6. The summed E-state index contributed by atoms with van der Waals surface area (Å²) in [5.41, 5.74) is 23.7. The van der Waals surface area contributed by atoms with Gasteiger partial charge in [0.05, 0.1) is 37.5 Å². The standard InChI is InChI=1S/C25H49N5O14/c26-3-12(35)11(34)2-8-1-10(27)23(21(40)22(8)43-25-20(39)15(28)17(36)14(7-32)42-25)44-24-16(29)19(38)18(37)13(41-24)5-30-4-9(33)6-31/h8-10,12-25,30-33,35-40H,1-7,26-29H2/t8-,9?,10-,12-,13+,14+,15-,16+,17+,18+,19+,20+,21+,22-,23?,24+,25+/m0/s1. The molecule has 0 aromatic carbocycles. The summed E-state index contributed by atoms with van der Waals surface area (Å²) in [7, 11) is 0. The molecular weight excluding hydrogens is 594 g/mol. The van der Waals surface area contributed by atoms with Gasteiger partial charge in [0.1, 0.15) is 54.9 Å². The molecule has 0 amide bonds. The first kappa shape index (κ1) is 37.4. The Hall–Kier alpha value is -1.05. The van der Waals surface area contributed by atoms with Crippen LogP contribution in [0.15, 0.2) is 0 Å². The van der Waals surface area contributed by atoms with Crippen LogP contribution in [0.2, 0.25) is 0 Å². The number of hydrogen-bond donors (Lipinski definition) is 14. The van der Waals surface area contributed by atoms with Gasteiger partial charge in [-0.1, -0.05) is 0 Å². The van der Waals surface area contributed by atoms with Gasteiger partial charge in [-0.15, -0.1) is 0 Å². The number of nitrogens with one attached hydrogen (secondary N) is 1. The second kappa shape index (κ2) is 16.7. The Kier molecular flexibility index (Phi) is 14.2. The molecule has 17 atom stereocenters. The first-order valence-corrected chi connectivity index (χ1v) is 14.6. The molecule has 44 heavy (non-hydrogen) atoms. The number of Topliss-reactive ketones (excluding diaryl/α,β-unsaturated/α-hetero) is 1. The van der Waals surface area contributed by atoms with Crippen molar-refractivity contribution >= 4 is 5.78 Å². The van der Waals surface area contributed by atoms with E-state index in [-0.39, 0.29) is 32.5 Å². The van der Waals surface area contributed by atoms with E-state index in [2.05, 4.69) is 5.32 Å². The molecule has 19 heteroatoms. The molecule has 2 heterocycles. The fourth-order valence-electron chi connectivity index (χ4n) is 5.67. The fourth-order valence-corrected chi connectivity index (χ4v) is 5.67. The molecule has 3 fully saturated rings. The number of rotatable bonds is 14. The molecular formula is C25H49N5O14. The smallest absolute Gasteiger partial charge is 0.186 e. The summed E-state index contributed by atoms with van der Waals surface area (Å²) in [4.78, 5) is 12.6. The minimum Gasteiger partial charge on any atom is -0.394 e. The molecule has 258 valence electrons. The van der Waals surface area contributed by atoms with Gasteiger partial charge in [0.15, 0.2) is 18.4 Å². The Bertz CT molecular complexity index is 896. The van der Waals surface area contributed by atoms with Crippen LogP contribution in [0.5, 0.6) is 0 Å². The molecule has 19 nitrogen and oxygen atoms in total. The van der Waals surface area contributed by atoms with Gasteiger partial charge in [-0.3, -0.25) is 4.79 Å². The normalized spacial score (nSPS) is 44.7. The van der Waals surface area contributed by atoms with Crippen LogP contribution < -0.4 is 28.3 Å². The summed E-state index contributed by atoms with van der Waals surface area (Å²) in [6, 6.07) is -3.60. The van der Waals surface area contributed by atoms with Gasteiger partial charge < -0.3 is 93.2 Å². The number of aliphatic hydroxyl groups is 9. The third-order valence-corrected chi connectivity index (χ3v) is 8.40. The summed E-state index contributed by atoms with van der Waals surface area (Å²) < 4.78 is 23.2. The third-order valence-electron chi connectivity index (χ3n) is 8.40. The predicted molar refractivity (Wildman–Crippen MR) is 147 cm³/mol. The highest BCUT2D eigenvalue weighted by Crippen LogP contribution is 2.36. The number of carbonyl (C=O) groups is 1. The molecule has 0 aromatic rings. The zero-order valence-electron chi connectivity index (χ0n) is 24.1. The van der Waals surface area contributed by atoms with Crippen LogP contribution in [0, 0.1) is 5.92 Å². The molecule has 2 aliphatic heterocycles. The number of carbonyl (C=O) groups excluding carboxylic acids is 1. The lowest BCUT2D eigenvalue weighted by Gasteiger charge is -2.49. The van der Waals surface area contributed by atoms with Crippen molar-refractivity contribution in [1.29, 1.82) is 0 Å². The summed E-state index contributed by atoms with van der Waals surface area (Å²) in [5.74, 6) is -1.53. The number of hydrogen-bond acceptors (Lipinski definition) is 19. The first-order valence-electron chi connectivity index (χ1n) is 14.6. The van der Waals surface area contributed by atoms with E-state index in [0.29, 0.717) is 0 Å². The monoisotopic (exact) mass is 643 g/mol. The van der Waals surface area contributed by atoms with Gasteiger partial charge in [0, 0.05) is 32.1 Å². The topological polar surface area (TPSA) is 352 Å². The van der Waals surface area contributed by atoms with Gasteiger partial charge >= 0.3 is 0 Å². The van der Waals surface area contributed by atoms with E-state index in [9.17, 15) is 45.6 Å². The summed E-state index contributed by atoms with van der Waals surface area (Å²) >= 11 is 0. The highest BCUT2D eigenvalue weighted by Gasteiger charge is 2.52. The van der Waals surface area contributed by atoms with Crippen molar-refractivity contribution < 1.29 is 69.7 Å². The molecule has 18 N–H and O–H groups in total. The number of ketones is 1. The summed E-state index contributed by atoms with van der Waals surface area (Å²) in [5, 5.41) is 94.3. The summed E-state index contributed by atoms with van der Waals surface area (Å²) in [6.07, 6.45) is -18.7. The zero-order valence-corrected chi connectivity index (χ0v) is 24.1. The molecule has 1 aliphatic carbocycles. The molecule has 1 saturated carbocycles. The predicted octanol–water partition coefficient (Wildman–Crippen LogP) is -8.77. The van der Waals surface area contributed by atoms with E-state index in [0.717, 1.165) is 0 Å². The third kappa shape index (κ3) is 8.64. The maximum Gasteiger partial charge on any atom is 0.186 e. The van der Waals surface area contributed by atoms with E-state index in [1.165, 1.54) is 0 Å². The highest BCUT2D eigenvalue weighted by atomic mass is 16.7.